The lowest BCUT2D eigenvalue weighted by Crippen LogP contribution is -2.35. The predicted octanol–water partition coefficient (Wildman–Crippen LogP) is -0.118. The summed E-state index contributed by atoms with van der Waals surface area (Å²) in [5.74, 6) is 0. The Kier molecular flexibility index (Phi) is 4.89. The van der Waals surface area contributed by atoms with Crippen LogP contribution in [0.25, 0.3) is 0 Å². The highest BCUT2D eigenvalue weighted by molar-refractivity contribution is 5.50. The highest BCUT2D eigenvalue weighted by atomic mass is 16.3. The SMILES string of the molecule is Nc1ccc(NN(CCO)CCO)cc1. The first-order valence-electron chi connectivity index (χ1n) is 4.85. The van der Waals surface area contributed by atoms with E-state index < -0.39 is 0 Å². The van der Waals surface area contributed by atoms with Crippen LogP contribution in [0.4, 0.5) is 11.4 Å². The van der Waals surface area contributed by atoms with Gasteiger partial charge in [-0.25, -0.2) is 5.01 Å². The second-order valence-electron chi connectivity index (χ2n) is 3.17. The Morgan fingerprint density at radius 2 is 1.60 bits per heavy atom. The van der Waals surface area contributed by atoms with Gasteiger partial charge in [-0.3, -0.25) is 0 Å². The van der Waals surface area contributed by atoms with Crippen molar-refractivity contribution >= 4 is 11.4 Å². The number of aliphatic hydroxyl groups excluding tert-OH is 2. The van der Waals surface area contributed by atoms with Gasteiger partial charge in [-0.2, -0.15) is 0 Å². The quantitative estimate of drug-likeness (QED) is 0.389. The highest BCUT2D eigenvalue weighted by Gasteiger charge is 2.02. The van der Waals surface area contributed by atoms with Crippen molar-refractivity contribution in [3.05, 3.63) is 24.3 Å². The number of nitrogens with two attached hydrogens (primary N) is 1. The fourth-order valence-electron chi connectivity index (χ4n) is 1.21. The van der Waals surface area contributed by atoms with Gasteiger partial charge >= 0.3 is 0 Å². The molecule has 0 saturated heterocycles. The molecule has 0 aliphatic carbocycles. The smallest absolute Gasteiger partial charge is 0.0576 e. The molecule has 0 aliphatic rings. The summed E-state index contributed by atoms with van der Waals surface area (Å²) in [5.41, 5.74) is 10.2. The molecule has 1 rings (SSSR count). The van der Waals surface area contributed by atoms with E-state index in [1.165, 1.54) is 0 Å². The first-order valence-corrected chi connectivity index (χ1v) is 4.85. The van der Waals surface area contributed by atoms with Crippen molar-refractivity contribution in [3.8, 4) is 0 Å². The molecular formula is C10H17N3O2. The molecule has 0 amide bonds. The summed E-state index contributed by atoms with van der Waals surface area (Å²) in [6.07, 6.45) is 0. The van der Waals surface area contributed by atoms with Crippen molar-refractivity contribution in [2.24, 2.45) is 0 Å². The van der Waals surface area contributed by atoms with E-state index in [0.717, 1.165) is 5.69 Å². The molecule has 5 heteroatoms. The van der Waals surface area contributed by atoms with Crippen LogP contribution in [0, 0.1) is 0 Å². The van der Waals surface area contributed by atoms with Gasteiger partial charge in [0.2, 0.25) is 0 Å². The molecule has 0 radical (unpaired) electrons. The molecule has 0 atom stereocenters. The summed E-state index contributed by atoms with van der Waals surface area (Å²) in [7, 11) is 0. The normalized spacial score (nSPS) is 10.6. The van der Waals surface area contributed by atoms with E-state index in [4.69, 9.17) is 15.9 Å². The molecule has 5 nitrogen and oxygen atoms in total. The van der Waals surface area contributed by atoms with E-state index in [-0.39, 0.29) is 13.2 Å². The van der Waals surface area contributed by atoms with Gasteiger partial charge in [0, 0.05) is 24.5 Å². The summed E-state index contributed by atoms with van der Waals surface area (Å²) in [4.78, 5) is 0. The molecule has 0 bridgehead atoms. The number of nitrogens with zero attached hydrogens (tertiary/aromatic N) is 1. The van der Waals surface area contributed by atoms with Gasteiger partial charge < -0.3 is 21.4 Å². The topological polar surface area (TPSA) is 81.8 Å². The molecule has 0 spiro atoms. The second-order valence-corrected chi connectivity index (χ2v) is 3.17. The number of aliphatic hydroxyl groups is 2. The Morgan fingerprint density at radius 1 is 1.07 bits per heavy atom. The zero-order valence-corrected chi connectivity index (χ0v) is 8.56. The molecule has 5 N–H and O–H groups in total. The van der Waals surface area contributed by atoms with E-state index >= 15 is 0 Å². The first kappa shape index (κ1) is 11.8. The number of rotatable bonds is 6. The fourth-order valence-corrected chi connectivity index (χ4v) is 1.21. The van der Waals surface area contributed by atoms with Crippen molar-refractivity contribution in [3.63, 3.8) is 0 Å². The lowest BCUT2D eigenvalue weighted by Gasteiger charge is -2.22. The van der Waals surface area contributed by atoms with Gasteiger partial charge in [-0.1, -0.05) is 0 Å². The maximum atomic E-state index is 8.80. The Morgan fingerprint density at radius 3 is 2.07 bits per heavy atom. The number of nitrogens with one attached hydrogen (secondary N) is 1. The third-order valence-electron chi connectivity index (χ3n) is 1.94. The molecule has 0 heterocycles. The van der Waals surface area contributed by atoms with Gasteiger partial charge in [-0.05, 0) is 24.3 Å². The Hall–Kier alpha value is -1.30. The molecule has 0 aliphatic heterocycles. The fraction of sp³-hybridized carbons (Fsp3) is 0.400. The number of anilines is 2. The molecule has 1 aromatic carbocycles. The van der Waals surface area contributed by atoms with Crippen molar-refractivity contribution in [1.29, 1.82) is 0 Å². The Labute approximate surface area is 89.1 Å². The second kappa shape index (κ2) is 6.23. The maximum Gasteiger partial charge on any atom is 0.0576 e. The standard InChI is InChI=1S/C10H17N3O2/c11-9-1-3-10(4-2-9)12-13(5-7-14)6-8-15/h1-4,12,14-15H,5-8,11H2. The van der Waals surface area contributed by atoms with Crippen LogP contribution in [0.3, 0.4) is 0 Å². The first-order chi connectivity index (χ1) is 7.26. The van der Waals surface area contributed by atoms with Gasteiger partial charge in [0.25, 0.3) is 0 Å². The average molecular weight is 211 g/mol. The highest BCUT2D eigenvalue weighted by Crippen LogP contribution is 2.11. The van der Waals surface area contributed by atoms with Crippen molar-refractivity contribution in [2.45, 2.75) is 0 Å². The minimum atomic E-state index is 0.0436. The van der Waals surface area contributed by atoms with Crippen LogP contribution in [0.2, 0.25) is 0 Å². The van der Waals surface area contributed by atoms with Crippen LogP contribution in [0.1, 0.15) is 0 Å². The number of hydrazine groups is 1. The van der Waals surface area contributed by atoms with Crippen LogP contribution >= 0.6 is 0 Å². The predicted molar refractivity (Wildman–Crippen MR) is 60.2 cm³/mol. The van der Waals surface area contributed by atoms with Crippen molar-refractivity contribution < 1.29 is 10.2 Å². The van der Waals surface area contributed by atoms with Crippen molar-refractivity contribution in [2.75, 3.05) is 37.5 Å². The van der Waals surface area contributed by atoms with Crippen LogP contribution < -0.4 is 11.2 Å². The molecule has 1 aromatic rings. The summed E-state index contributed by atoms with van der Waals surface area (Å²) >= 11 is 0. The summed E-state index contributed by atoms with van der Waals surface area (Å²) in [5, 5.41) is 19.3. The molecule has 15 heavy (non-hydrogen) atoms. The monoisotopic (exact) mass is 211 g/mol. The molecule has 0 aromatic heterocycles. The lowest BCUT2D eigenvalue weighted by atomic mass is 10.3. The minimum absolute atomic E-state index is 0.0436. The van der Waals surface area contributed by atoms with E-state index in [1.54, 1.807) is 17.1 Å². The van der Waals surface area contributed by atoms with Crippen LogP contribution in [0.5, 0.6) is 0 Å². The lowest BCUT2D eigenvalue weighted by molar-refractivity contribution is 0.183. The summed E-state index contributed by atoms with van der Waals surface area (Å²) in [6.45, 7) is 1.01. The van der Waals surface area contributed by atoms with Gasteiger partial charge in [0.1, 0.15) is 0 Å². The third-order valence-corrected chi connectivity index (χ3v) is 1.94. The largest absolute Gasteiger partial charge is 0.399 e. The molecule has 84 valence electrons. The number of hydrogen-bond donors (Lipinski definition) is 4. The molecule has 0 unspecified atom stereocenters. The number of benzene rings is 1. The van der Waals surface area contributed by atoms with E-state index in [9.17, 15) is 0 Å². The summed E-state index contributed by atoms with van der Waals surface area (Å²) < 4.78 is 0. The minimum Gasteiger partial charge on any atom is -0.399 e. The molecule has 0 fully saturated rings. The van der Waals surface area contributed by atoms with Crippen LogP contribution in [0.15, 0.2) is 24.3 Å². The van der Waals surface area contributed by atoms with Crippen molar-refractivity contribution in [1.82, 2.24) is 5.01 Å². The van der Waals surface area contributed by atoms with E-state index in [1.807, 2.05) is 12.1 Å². The van der Waals surface area contributed by atoms with Gasteiger partial charge in [-0.15, -0.1) is 0 Å². The Bertz CT molecular complexity index is 271. The summed E-state index contributed by atoms with van der Waals surface area (Å²) in [6, 6.07) is 7.27. The maximum absolute atomic E-state index is 8.80. The molecule has 0 saturated carbocycles. The number of nitrogen functional groups attached to an aromatic ring is 1. The zero-order valence-electron chi connectivity index (χ0n) is 8.56. The van der Waals surface area contributed by atoms with Gasteiger partial charge in [0.05, 0.1) is 13.2 Å². The Balaban J connectivity index is 2.53. The zero-order chi connectivity index (χ0) is 11.1. The van der Waals surface area contributed by atoms with Gasteiger partial charge in [0.15, 0.2) is 0 Å². The van der Waals surface area contributed by atoms with E-state index in [0.29, 0.717) is 18.8 Å². The van der Waals surface area contributed by atoms with Crippen LogP contribution in [-0.2, 0) is 0 Å². The molecular weight excluding hydrogens is 194 g/mol. The average Bonchev–Trinajstić information content (AvgIpc) is 2.22. The van der Waals surface area contributed by atoms with E-state index in [2.05, 4.69) is 5.43 Å². The van der Waals surface area contributed by atoms with Crippen LogP contribution in [-0.4, -0.2) is 41.5 Å². The number of hydrogen-bond acceptors (Lipinski definition) is 5. The third kappa shape index (κ3) is 4.16.